The van der Waals surface area contributed by atoms with Crippen molar-refractivity contribution in [1.29, 1.82) is 0 Å². The molecule has 3 aromatic carbocycles. The van der Waals surface area contributed by atoms with Crippen molar-refractivity contribution in [3.8, 4) is 0 Å². The van der Waals surface area contributed by atoms with Gasteiger partial charge >= 0.3 is 0 Å². The molecular formula is C23H23FN2O4S2. The van der Waals surface area contributed by atoms with E-state index in [-0.39, 0.29) is 15.5 Å². The molecule has 1 aliphatic rings. The van der Waals surface area contributed by atoms with Gasteiger partial charge in [-0.3, -0.25) is 0 Å². The number of nitrogens with zero attached hydrogens (tertiary/aromatic N) is 2. The summed E-state index contributed by atoms with van der Waals surface area (Å²) in [6.45, 7) is 1.40. The van der Waals surface area contributed by atoms with Gasteiger partial charge < -0.3 is 4.90 Å². The van der Waals surface area contributed by atoms with Crippen LogP contribution in [0.2, 0.25) is 0 Å². The fourth-order valence-corrected chi connectivity index (χ4v) is 7.50. The standard InChI is InChI=1S/C23H23FN2O4S2/c24-22-18-19(14-15-23(22)25-16-8-3-9-17-25)26(31(27,28)20-10-4-1-5-11-20)32(29,30)21-12-6-2-7-13-21/h1-2,4-7,10-15,18H,3,8-9,16-17H2. The smallest absolute Gasteiger partial charge is 0.277 e. The maximum atomic E-state index is 15.1. The third-order valence-corrected chi connectivity index (χ3v) is 9.57. The summed E-state index contributed by atoms with van der Waals surface area (Å²) in [6, 6.07) is 18.2. The zero-order chi connectivity index (χ0) is 22.8. The van der Waals surface area contributed by atoms with E-state index in [9.17, 15) is 16.8 Å². The minimum absolute atomic E-state index is 0.208. The number of rotatable bonds is 6. The SMILES string of the molecule is O=S(=O)(c1ccccc1)N(c1ccc(N2CCCCC2)c(F)c1)S(=O)(=O)c1ccccc1. The highest BCUT2D eigenvalue weighted by Crippen LogP contribution is 2.34. The first-order valence-electron chi connectivity index (χ1n) is 10.3. The van der Waals surface area contributed by atoms with Crippen molar-refractivity contribution in [1.82, 2.24) is 0 Å². The number of hydrogen-bond acceptors (Lipinski definition) is 5. The molecule has 32 heavy (non-hydrogen) atoms. The molecule has 1 fully saturated rings. The molecule has 0 amide bonds. The van der Waals surface area contributed by atoms with Gasteiger partial charge in [0.2, 0.25) is 0 Å². The van der Waals surface area contributed by atoms with Crippen LogP contribution in [0.25, 0.3) is 0 Å². The highest BCUT2D eigenvalue weighted by Gasteiger charge is 2.37. The molecule has 0 bridgehead atoms. The molecule has 3 aromatic rings. The van der Waals surface area contributed by atoms with Crippen molar-refractivity contribution >= 4 is 31.4 Å². The van der Waals surface area contributed by atoms with E-state index in [1.54, 1.807) is 12.1 Å². The Morgan fingerprint density at radius 2 is 1.19 bits per heavy atom. The van der Waals surface area contributed by atoms with Gasteiger partial charge in [-0.15, -0.1) is 0 Å². The van der Waals surface area contributed by atoms with Crippen LogP contribution in [0.3, 0.4) is 0 Å². The van der Waals surface area contributed by atoms with Crippen molar-refractivity contribution < 1.29 is 21.2 Å². The molecule has 0 aliphatic carbocycles. The number of piperidine rings is 1. The maximum Gasteiger partial charge on any atom is 0.277 e. The van der Waals surface area contributed by atoms with Gasteiger partial charge in [-0.2, -0.15) is 3.71 Å². The van der Waals surface area contributed by atoms with Gasteiger partial charge in [0.1, 0.15) is 5.82 Å². The van der Waals surface area contributed by atoms with E-state index < -0.39 is 25.9 Å². The monoisotopic (exact) mass is 474 g/mol. The van der Waals surface area contributed by atoms with Crippen LogP contribution in [0, 0.1) is 5.82 Å². The van der Waals surface area contributed by atoms with Crippen LogP contribution in [0.15, 0.2) is 88.7 Å². The topological polar surface area (TPSA) is 74.8 Å². The van der Waals surface area contributed by atoms with E-state index >= 15 is 4.39 Å². The predicted molar refractivity (Wildman–Crippen MR) is 122 cm³/mol. The summed E-state index contributed by atoms with van der Waals surface area (Å²) >= 11 is 0. The molecule has 0 unspecified atom stereocenters. The summed E-state index contributed by atoms with van der Waals surface area (Å²) in [4.78, 5) is 1.48. The van der Waals surface area contributed by atoms with Gasteiger partial charge in [0.05, 0.1) is 21.2 Å². The minimum Gasteiger partial charge on any atom is -0.369 e. The van der Waals surface area contributed by atoms with Gasteiger partial charge in [-0.05, 0) is 55.7 Å². The van der Waals surface area contributed by atoms with Crippen molar-refractivity contribution in [3.05, 3.63) is 84.7 Å². The molecule has 1 saturated heterocycles. The first-order valence-corrected chi connectivity index (χ1v) is 13.1. The summed E-state index contributed by atoms with van der Waals surface area (Å²) < 4.78 is 69.3. The molecule has 0 aromatic heterocycles. The van der Waals surface area contributed by atoms with Crippen LogP contribution in [-0.2, 0) is 20.0 Å². The summed E-state index contributed by atoms with van der Waals surface area (Å²) in [6.07, 6.45) is 2.96. The second-order valence-corrected chi connectivity index (χ2v) is 11.3. The molecule has 1 aliphatic heterocycles. The number of anilines is 2. The van der Waals surface area contributed by atoms with Gasteiger partial charge in [0, 0.05) is 19.2 Å². The van der Waals surface area contributed by atoms with Gasteiger partial charge in [0.25, 0.3) is 20.0 Å². The zero-order valence-corrected chi connectivity index (χ0v) is 18.9. The van der Waals surface area contributed by atoms with Gasteiger partial charge in [-0.1, -0.05) is 36.4 Å². The fourth-order valence-electron chi connectivity index (χ4n) is 3.78. The molecule has 168 valence electrons. The normalized spacial score (nSPS) is 14.8. The Labute approximate surface area is 188 Å². The maximum absolute atomic E-state index is 15.1. The highest BCUT2D eigenvalue weighted by molar-refractivity contribution is 8.10. The predicted octanol–water partition coefficient (Wildman–Crippen LogP) is 4.40. The molecular weight excluding hydrogens is 451 g/mol. The second kappa shape index (κ2) is 8.91. The molecule has 9 heteroatoms. The molecule has 6 nitrogen and oxygen atoms in total. The van der Waals surface area contributed by atoms with Crippen molar-refractivity contribution in [2.24, 2.45) is 0 Å². The van der Waals surface area contributed by atoms with Crippen LogP contribution in [0.5, 0.6) is 0 Å². The Hall–Kier alpha value is -2.91. The molecule has 1 heterocycles. The lowest BCUT2D eigenvalue weighted by Gasteiger charge is -2.30. The summed E-state index contributed by atoms with van der Waals surface area (Å²) in [5, 5.41) is 0. The largest absolute Gasteiger partial charge is 0.369 e. The summed E-state index contributed by atoms with van der Waals surface area (Å²) in [5.74, 6) is -0.666. The first-order chi connectivity index (χ1) is 15.3. The van der Waals surface area contributed by atoms with E-state index in [1.807, 2.05) is 4.90 Å². The molecule has 0 saturated carbocycles. The van der Waals surface area contributed by atoms with Crippen molar-refractivity contribution in [2.75, 3.05) is 21.7 Å². The quantitative estimate of drug-likeness (QED) is 0.529. The molecule has 0 atom stereocenters. The lowest BCUT2D eigenvalue weighted by Crippen LogP contribution is -2.37. The minimum atomic E-state index is -4.55. The zero-order valence-electron chi connectivity index (χ0n) is 17.3. The third-order valence-electron chi connectivity index (χ3n) is 5.36. The molecule has 4 rings (SSSR count). The van der Waals surface area contributed by atoms with Crippen LogP contribution < -0.4 is 8.61 Å². The van der Waals surface area contributed by atoms with Gasteiger partial charge in [0.15, 0.2) is 0 Å². The molecule has 0 N–H and O–H groups in total. The van der Waals surface area contributed by atoms with E-state index in [0.29, 0.717) is 22.5 Å². The highest BCUT2D eigenvalue weighted by atomic mass is 32.3. The average molecular weight is 475 g/mol. The van der Waals surface area contributed by atoms with E-state index in [0.717, 1.165) is 25.3 Å². The fraction of sp³-hybridized carbons (Fsp3) is 0.217. The summed E-state index contributed by atoms with van der Waals surface area (Å²) in [5.41, 5.74) is 0.0542. The van der Waals surface area contributed by atoms with E-state index in [2.05, 4.69) is 0 Å². The lowest BCUT2D eigenvalue weighted by molar-refractivity contribution is 0.557. The Morgan fingerprint density at radius 3 is 1.66 bits per heavy atom. The average Bonchev–Trinajstić information content (AvgIpc) is 2.81. The Balaban J connectivity index is 1.86. The van der Waals surface area contributed by atoms with Crippen molar-refractivity contribution in [2.45, 2.75) is 29.1 Å². The van der Waals surface area contributed by atoms with E-state index in [1.165, 1.54) is 60.7 Å². The van der Waals surface area contributed by atoms with Crippen LogP contribution in [-0.4, -0.2) is 29.9 Å². The van der Waals surface area contributed by atoms with Gasteiger partial charge in [-0.25, -0.2) is 21.2 Å². The van der Waals surface area contributed by atoms with Crippen molar-refractivity contribution in [3.63, 3.8) is 0 Å². The lowest BCUT2D eigenvalue weighted by atomic mass is 10.1. The molecule has 0 radical (unpaired) electrons. The second-order valence-electron chi connectivity index (χ2n) is 7.52. The van der Waals surface area contributed by atoms with Crippen LogP contribution >= 0.6 is 0 Å². The molecule has 0 spiro atoms. The Morgan fingerprint density at radius 1 is 0.688 bits per heavy atom. The van der Waals surface area contributed by atoms with Crippen LogP contribution in [0.4, 0.5) is 15.8 Å². The van der Waals surface area contributed by atoms with E-state index in [4.69, 9.17) is 0 Å². The summed E-state index contributed by atoms with van der Waals surface area (Å²) in [7, 11) is -9.10. The number of halogens is 1. The number of sulfonamides is 2. The Bertz CT molecular complexity index is 1220. The number of hydrogen-bond donors (Lipinski definition) is 0. The Kier molecular flexibility index (Phi) is 6.21. The number of benzene rings is 3. The first kappa shape index (κ1) is 22.3. The van der Waals surface area contributed by atoms with Crippen LogP contribution in [0.1, 0.15) is 19.3 Å². The third kappa shape index (κ3) is 4.22.